The van der Waals surface area contributed by atoms with E-state index in [0.29, 0.717) is 0 Å². The molecular formula is C14H18F3N3O3. The zero-order chi connectivity index (χ0) is 17.5. The van der Waals surface area contributed by atoms with Gasteiger partial charge in [-0.3, -0.25) is 14.6 Å². The molecule has 6 nitrogen and oxygen atoms in total. The summed E-state index contributed by atoms with van der Waals surface area (Å²) in [6, 6.07) is 2.71. The topological polar surface area (TPSA) is 94.3 Å². The number of primary amides is 1. The van der Waals surface area contributed by atoms with Crippen molar-refractivity contribution in [1.82, 2.24) is 4.98 Å². The van der Waals surface area contributed by atoms with Crippen LogP contribution in [0.1, 0.15) is 36.7 Å². The van der Waals surface area contributed by atoms with Crippen molar-refractivity contribution in [3.63, 3.8) is 0 Å². The Morgan fingerprint density at radius 1 is 1.43 bits per heavy atom. The minimum atomic E-state index is -4.27. The van der Waals surface area contributed by atoms with E-state index in [1.54, 1.807) is 6.92 Å². The molecule has 23 heavy (non-hydrogen) atoms. The van der Waals surface area contributed by atoms with Crippen LogP contribution in [-0.4, -0.2) is 35.7 Å². The molecule has 9 heteroatoms. The minimum absolute atomic E-state index is 0.0344. The molecule has 1 aromatic heterocycles. The maximum atomic E-state index is 12.2. The highest BCUT2D eigenvalue weighted by Gasteiger charge is 2.28. The predicted molar refractivity (Wildman–Crippen MR) is 76.7 cm³/mol. The van der Waals surface area contributed by atoms with Gasteiger partial charge in [-0.1, -0.05) is 0 Å². The summed E-state index contributed by atoms with van der Waals surface area (Å²) >= 11 is 0. The van der Waals surface area contributed by atoms with Gasteiger partial charge < -0.3 is 15.8 Å². The number of amides is 2. The number of nitrogens with two attached hydrogens (primary N) is 1. The SMILES string of the molecule is CCOC(CCCC(F)(F)F)C(=O)Nc1ccnc(C(N)=O)c1. The smallest absolute Gasteiger partial charge is 0.369 e. The summed E-state index contributed by atoms with van der Waals surface area (Å²) in [5.41, 5.74) is 5.31. The number of hydrogen-bond donors (Lipinski definition) is 2. The summed E-state index contributed by atoms with van der Waals surface area (Å²) in [5, 5.41) is 2.48. The molecule has 0 radical (unpaired) electrons. The third kappa shape index (κ3) is 7.09. The first-order valence-electron chi connectivity index (χ1n) is 6.98. The summed E-state index contributed by atoms with van der Waals surface area (Å²) in [5.74, 6) is -1.34. The lowest BCUT2D eigenvalue weighted by Crippen LogP contribution is -2.31. The standard InChI is InChI=1S/C14H18F3N3O3/c1-2-23-11(4-3-6-14(15,16)17)13(22)20-9-5-7-19-10(8-9)12(18)21/h5,7-8,11H,2-4,6H2,1H3,(H2,18,21)(H,19,20,22). The fourth-order valence-electron chi connectivity index (χ4n) is 1.84. The molecule has 2 amide bonds. The van der Waals surface area contributed by atoms with E-state index in [1.165, 1.54) is 18.3 Å². The molecule has 0 aliphatic heterocycles. The molecule has 0 saturated carbocycles. The molecule has 1 unspecified atom stereocenters. The molecule has 0 aliphatic carbocycles. The average molecular weight is 333 g/mol. The van der Waals surface area contributed by atoms with Gasteiger partial charge in [0.25, 0.3) is 11.8 Å². The third-order valence-electron chi connectivity index (χ3n) is 2.87. The normalized spacial score (nSPS) is 12.7. The molecular weight excluding hydrogens is 315 g/mol. The van der Waals surface area contributed by atoms with Crippen molar-refractivity contribution in [2.24, 2.45) is 5.73 Å². The number of nitrogens with one attached hydrogen (secondary N) is 1. The van der Waals surface area contributed by atoms with Crippen LogP contribution in [0.3, 0.4) is 0 Å². The van der Waals surface area contributed by atoms with E-state index in [9.17, 15) is 22.8 Å². The lowest BCUT2D eigenvalue weighted by Gasteiger charge is -2.17. The van der Waals surface area contributed by atoms with Gasteiger partial charge in [0.05, 0.1) is 0 Å². The zero-order valence-electron chi connectivity index (χ0n) is 12.5. The number of alkyl halides is 3. The van der Waals surface area contributed by atoms with Crippen LogP contribution in [0.25, 0.3) is 0 Å². The van der Waals surface area contributed by atoms with Crippen LogP contribution in [0.5, 0.6) is 0 Å². The highest BCUT2D eigenvalue weighted by molar-refractivity contribution is 5.96. The number of carbonyl (C=O) groups is 2. The van der Waals surface area contributed by atoms with Crippen molar-refractivity contribution in [1.29, 1.82) is 0 Å². The first-order valence-corrected chi connectivity index (χ1v) is 6.98. The Hall–Kier alpha value is -2.16. The van der Waals surface area contributed by atoms with Crippen LogP contribution in [0.15, 0.2) is 18.3 Å². The molecule has 0 spiro atoms. The van der Waals surface area contributed by atoms with Crippen molar-refractivity contribution in [2.45, 2.75) is 38.5 Å². The van der Waals surface area contributed by atoms with Crippen molar-refractivity contribution in [3.8, 4) is 0 Å². The van der Waals surface area contributed by atoms with Gasteiger partial charge in [0.2, 0.25) is 0 Å². The maximum absolute atomic E-state index is 12.2. The summed E-state index contributed by atoms with van der Waals surface area (Å²) in [4.78, 5) is 26.8. The molecule has 0 saturated heterocycles. The van der Waals surface area contributed by atoms with Crippen LogP contribution in [0.2, 0.25) is 0 Å². The largest absolute Gasteiger partial charge is 0.389 e. The van der Waals surface area contributed by atoms with Crippen molar-refractivity contribution in [2.75, 3.05) is 11.9 Å². The van der Waals surface area contributed by atoms with Gasteiger partial charge >= 0.3 is 6.18 Å². The van der Waals surface area contributed by atoms with E-state index in [-0.39, 0.29) is 30.8 Å². The fourth-order valence-corrected chi connectivity index (χ4v) is 1.84. The lowest BCUT2D eigenvalue weighted by molar-refractivity contribution is -0.140. The number of aromatic nitrogens is 1. The monoisotopic (exact) mass is 333 g/mol. The second-order valence-electron chi connectivity index (χ2n) is 4.73. The van der Waals surface area contributed by atoms with Crippen molar-refractivity contribution < 1.29 is 27.5 Å². The molecule has 1 aromatic rings. The Kier molecular flexibility index (Phi) is 6.95. The van der Waals surface area contributed by atoms with E-state index < -0.39 is 30.5 Å². The van der Waals surface area contributed by atoms with Crippen molar-refractivity contribution in [3.05, 3.63) is 24.0 Å². The average Bonchev–Trinajstić information content (AvgIpc) is 2.45. The Morgan fingerprint density at radius 2 is 2.13 bits per heavy atom. The molecule has 1 rings (SSSR count). The number of pyridine rings is 1. The zero-order valence-corrected chi connectivity index (χ0v) is 12.5. The van der Waals surface area contributed by atoms with Crippen LogP contribution < -0.4 is 11.1 Å². The maximum Gasteiger partial charge on any atom is 0.389 e. The number of nitrogens with zero attached hydrogens (tertiary/aromatic N) is 1. The molecule has 128 valence electrons. The Bertz CT molecular complexity index is 550. The van der Waals surface area contributed by atoms with Gasteiger partial charge in [0.15, 0.2) is 0 Å². The van der Waals surface area contributed by atoms with Gasteiger partial charge in [0.1, 0.15) is 11.8 Å². The van der Waals surface area contributed by atoms with Gasteiger partial charge in [-0.05, 0) is 31.9 Å². The van der Waals surface area contributed by atoms with Gasteiger partial charge in [-0.25, -0.2) is 0 Å². The predicted octanol–water partition coefficient (Wildman–Crippen LogP) is 2.26. The molecule has 1 atom stereocenters. The molecule has 3 N–H and O–H groups in total. The second kappa shape index (κ2) is 8.47. The summed E-state index contributed by atoms with van der Waals surface area (Å²) in [6.45, 7) is 1.83. The molecule has 0 aliphatic rings. The van der Waals surface area contributed by atoms with Crippen LogP contribution in [0, 0.1) is 0 Å². The fraction of sp³-hybridized carbons (Fsp3) is 0.500. The van der Waals surface area contributed by atoms with E-state index in [1.807, 2.05) is 0 Å². The highest BCUT2D eigenvalue weighted by atomic mass is 19.4. The summed E-state index contributed by atoms with van der Waals surface area (Å²) < 4.78 is 41.7. The number of rotatable bonds is 8. The number of anilines is 1. The Balaban J connectivity index is 2.66. The molecule has 0 bridgehead atoms. The van der Waals surface area contributed by atoms with Crippen molar-refractivity contribution >= 4 is 17.5 Å². The number of ether oxygens (including phenoxy) is 1. The van der Waals surface area contributed by atoms with Gasteiger partial charge in [0, 0.05) is 24.9 Å². The molecule has 0 fully saturated rings. The van der Waals surface area contributed by atoms with Crippen LogP contribution in [0.4, 0.5) is 18.9 Å². The van der Waals surface area contributed by atoms with Gasteiger partial charge in [-0.15, -0.1) is 0 Å². The Labute approximate surface area is 131 Å². The third-order valence-corrected chi connectivity index (χ3v) is 2.87. The second-order valence-corrected chi connectivity index (χ2v) is 4.73. The van der Waals surface area contributed by atoms with E-state index in [2.05, 4.69) is 10.3 Å². The van der Waals surface area contributed by atoms with Gasteiger partial charge in [-0.2, -0.15) is 13.2 Å². The Morgan fingerprint density at radius 3 is 2.70 bits per heavy atom. The minimum Gasteiger partial charge on any atom is -0.369 e. The quantitative estimate of drug-likeness (QED) is 0.763. The molecule has 0 aromatic carbocycles. The van der Waals surface area contributed by atoms with E-state index in [0.717, 1.165) is 0 Å². The number of carbonyl (C=O) groups excluding carboxylic acids is 2. The summed E-state index contributed by atoms with van der Waals surface area (Å²) in [6.07, 6.45) is -5.25. The number of hydrogen-bond acceptors (Lipinski definition) is 4. The van der Waals surface area contributed by atoms with Crippen LogP contribution in [-0.2, 0) is 9.53 Å². The highest BCUT2D eigenvalue weighted by Crippen LogP contribution is 2.23. The van der Waals surface area contributed by atoms with E-state index in [4.69, 9.17) is 10.5 Å². The summed E-state index contributed by atoms with van der Waals surface area (Å²) in [7, 11) is 0. The molecule has 1 heterocycles. The van der Waals surface area contributed by atoms with E-state index >= 15 is 0 Å². The first kappa shape index (κ1) is 18.9. The first-order chi connectivity index (χ1) is 10.7. The number of halogens is 3. The van der Waals surface area contributed by atoms with Crippen LogP contribution >= 0.6 is 0 Å². The lowest BCUT2D eigenvalue weighted by atomic mass is 10.1.